The highest BCUT2D eigenvalue weighted by atomic mass is 32.1. The lowest BCUT2D eigenvalue weighted by Gasteiger charge is -2.22. The van der Waals surface area contributed by atoms with E-state index in [0.717, 1.165) is 24.1 Å². The normalized spacial score (nSPS) is 17.4. The molecule has 16 heavy (non-hydrogen) atoms. The van der Waals surface area contributed by atoms with Gasteiger partial charge in [-0.2, -0.15) is 0 Å². The van der Waals surface area contributed by atoms with Crippen LogP contribution in [0, 0.1) is 0 Å². The smallest absolute Gasteiger partial charge is 0.185 e. The molecular formula is C12H21N3S. The van der Waals surface area contributed by atoms with Crippen LogP contribution in [-0.2, 0) is 6.54 Å². The third-order valence-electron chi connectivity index (χ3n) is 3.24. The van der Waals surface area contributed by atoms with E-state index in [9.17, 15) is 0 Å². The van der Waals surface area contributed by atoms with Crippen LogP contribution in [0.15, 0.2) is 5.38 Å². The average molecular weight is 239 g/mol. The molecule has 1 aromatic rings. The van der Waals surface area contributed by atoms with Crippen LogP contribution in [0.1, 0.15) is 38.8 Å². The van der Waals surface area contributed by atoms with Crippen molar-refractivity contribution in [1.82, 2.24) is 10.3 Å². The van der Waals surface area contributed by atoms with Crippen molar-refractivity contribution in [2.24, 2.45) is 0 Å². The van der Waals surface area contributed by atoms with Gasteiger partial charge in [-0.25, -0.2) is 4.98 Å². The lowest BCUT2D eigenvalue weighted by atomic mass is 10.2. The van der Waals surface area contributed by atoms with Gasteiger partial charge < -0.3 is 10.2 Å². The zero-order valence-corrected chi connectivity index (χ0v) is 11.2. The molecule has 4 heteroatoms. The molecule has 0 spiro atoms. The summed E-state index contributed by atoms with van der Waals surface area (Å²) in [5.74, 6) is 0. The van der Waals surface area contributed by atoms with E-state index >= 15 is 0 Å². The minimum absolute atomic E-state index is 0.565. The van der Waals surface area contributed by atoms with Gasteiger partial charge in [0.2, 0.25) is 0 Å². The molecule has 1 fully saturated rings. The lowest BCUT2D eigenvalue weighted by molar-refractivity contribution is 0.654. The second-order valence-electron chi connectivity index (χ2n) is 4.64. The van der Waals surface area contributed by atoms with Gasteiger partial charge in [0.25, 0.3) is 0 Å². The van der Waals surface area contributed by atoms with Gasteiger partial charge in [0.05, 0.1) is 5.69 Å². The largest absolute Gasteiger partial charge is 0.348 e. The van der Waals surface area contributed by atoms with Crippen molar-refractivity contribution >= 4 is 16.5 Å². The van der Waals surface area contributed by atoms with Crippen LogP contribution >= 0.6 is 11.3 Å². The van der Waals surface area contributed by atoms with Gasteiger partial charge in [-0.3, -0.25) is 0 Å². The summed E-state index contributed by atoms with van der Waals surface area (Å²) in [5.41, 5.74) is 1.18. The first kappa shape index (κ1) is 11.9. The van der Waals surface area contributed by atoms with Crippen molar-refractivity contribution < 1.29 is 0 Å². The molecule has 1 aliphatic rings. The highest BCUT2D eigenvalue weighted by Gasteiger charge is 2.20. The first-order chi connectivity index (χ1) is 7.70. The molecule has 1 saturated carbocycles. The van der Waals surface area contributed by atoms with Gasteiger partial charge in [0.1, 0.15) is 0 Å². The number of nitrogens with one attached hydrogen (secondary N) is 1. The highest BCUT2D eigenvalue weighted by molar-refractivity contribution is 7.13. The van der Waals surface area contributed by atoms with E-state index in [4.69, 9.17) is 0 Å². The van der Waals surface area contributed by atoms with E-state index in [1.54, 1.807) is 11.3 Å². The SMILES string of the molecule is CCC(C)N(C)c1nc(CNC2CC2)cs1. The fraction of sp³-hybridized carbons (Fsp3) is 0.750. The molecular weight excluding hydrogens is 218 g/mol. The Labute approximate surface area is 102 Å². The molecule has 2 rings (SSSR count). The van der Waals surface area contributed by atoms with Gasteiger partial charge in [0.15, 0.2) is 5.13 Å². The number of thiazole rings is 1. The lowest BCUT2D eigenvalue weighted by Crippen LogP contribution is -2.27. The molecule has 3 nitrogen and oxygen atoms in total. The van der Waals surface area contributed by atoms with Crippen LogP contribution in [0.3, 0.4) is 0 Å². The summed E-state index contributed by atoms with van der Waals surface area (Å²) in [6.07, 6.45) is 3.83. The minimum atomic E-state index is 0.565. The Hall–Kier alpha value is -0.610. The first-order valence-electron chi connectivity index (χ1n) is 6.11. The summed E-state index contributed by atoms with van der Waals surface area (Å²) in [5, 5.41) is 6.80. The maximum absolute atomic E-state index is 4.66. The van der Waals surface area contributed by atoms with Crippen LogP contribution in [0.25, 0.3) is 0 Å². The standard InChI is InChI=1S/C12H21N3S/c1-4-9(2)15(3)12-14-11(8-16-12)7-13-10-5-6-10/h8-10,13H,4-7H2,1-3H3. The van der Waals surface area contributed by atoms with E-state index in [-0.39, 0.29) is 0 Å². The topological polar surface area (TPSA) is 28.2 Å². The minimum Gasteiger partial charge on any atom is -0.348 e. The molecule has 1 aromatic heterocycles. The fourth-order valence-electron chi connectivity index (χ4n) is 1.54. The van der Waals surface area contributed by atoms with Crippen LogP contribution in [-0.4, -0.2) is 24.1 Å². The third-order valence-corrected chi connectivity index (χ3v) is 4.22. The van der Waals surface area contributed by atoms with Crippen molar-refractivity contribution in [3.05, 3.63) is 11.1 Å². The van der Waals surface area contributed by atoms with Crippen LogP contribution in [0.5, 0.6) is 0 Å². The van der Waals surface area contributed by atoms with Crippen molar-refractivity contribution in [2.75, 3.05) is 11.9 Å². The summed E-state index contributed by atoms with van der Waals surface area (Å²) >= 11 is 1.75. The molecule has 1 atom stereocenters. The van der Waals surface area contributed by atoms with E-state index in [1.807, 2.05) is 0 Å². The zero-order valence-electron chi connectivity index (χ0n) is 10.4. The van der Waals surface area contributed by atoms with Crippen molar-refractivity contribution in [3.63, 3.8) is 0 Å². The molecule has 0 amide bonds. The Morgan fingerprint density at radius 3 is 3.00 bits per heavy atom. The number of aromatic nitrogens is 1. The quantitative estimate of drug-likeness (QED) is 0.827. The summed E-state index contributed by atoms with van der Waals surface area (Å²) in [6.45, 7) is 5.38. The molecule has 1 N–H and O–H groups in total. The molecule has 0 aliphatic heterocycles. The van der Waals surface area contributed by atoms with Crippen molar-refractivity contribution in [1.29, 1.82) is 0 Å². The number of rotatable bonds is 6. The summed E-state index contributed by atoms with van der Waals surface area (Å²) in [6, 6.07) is 1.33. The van der Waals surface area contributed by atoms with E-state index in [2.05, 4.69) is 41.5 Å². The predicted molar refractivity (Wildman–Crippen MR) is 70.1 cm³/mol. The Morgan fingerprint density at radius 2 is 2.38 bits per heavy atom. The molecule has 1 heterocycles. The maximum Gasteiger partial charge on any atom is 0.185 e. The second kappa shape index (κ2) is 5.15. The van der Waals surface area contributed by atoms with Crippen molar-refractivity contribution in [3.8, 4) is 0 Å². The highest BCUT2D eigenvalue weighted by Crippen LogP contribution is 2.23. The maximum atomic E-state index is 4.66. The van der Waals surface area contributed by atoms with Gasteiger partial charge in [-0.05, 0) is 26.2 Å². The average Bonchev–Trinajstić information content (AvgIpc) is 3.02. The molecule has 1 aliphatic carbocycles. The predicted octanol–water partition coefficient (Wildman–Crippen LogP) is 2.63. The Morgan fingerprint density at radius 1 is 1.62 bits per heavy atom. The van der Waals surface area contributed by atoms with Crippen molar-refractivity contribution in [2.45, 2.75) is 51.7 Å². The summed E-state index contributed by atoms with van der Waals surface area (Å²) in [7, 11) is 2.13. The number of anilines is 1. The van der Waals surface area contributed by atoms with E-state index < -0.39 is 0 Å². The monoisotopic (exact) mass is 239 g/mol. The number of nitrogens with zero attached hydrogens (tertiary/aromatic N) is 2. The van der Waals surface area contributed by atoms with Gasteiger partial charge in [-0.15, -0.1) is 11.3 Å². The fourth-order valence-corrected chi connectivity index (χ4v) is 2.43. The molecule has 90 valence electrons. The Kier molecular flexibility index (Phi) is 3.82. The van der Waals surface area contributed by atoms with Crippen LogP contribution < -0.4 is 10.2 Å². The molecule has 0 bridgehead atoms. The Bertz CT molecular complexity index is 333. The zero-order chi connectivity index (χ0) is 11.5. The van der Waals surface area contributed by atoms with Gasteiger partial charge in [0, 0.05) is 31.1 Å². The molecule has 0 radical (unpaired) electrons. The summed E-state index contributed by atoms with van der Waals surface area (Å²) in [4.78, 5) is 6.93. The molecule has 1 unspecified atom stereocenters. The van der Waals surface area contributed by atoms with Crippen LogP contribution in [0.2, 0.25) is 0 Å². The first-order valence-corrected chi connectivity index (χ1v) is 6.99. The van der Waals surface area contributed by atoms with E-state index in [0.29, 0.717) is 6.04 Å². The van der Waals surface area contributed by atoms with E-state index in [1.165, 1.54) is 18.5 Å². The Balaban J connectivity index is 1.89. The summed E-state index contributed by atoms with van der Waals surface area (Å²) < 4.78 is 0. The molecule has 0 saturated heterocycles. The van der Waals surface area contributed by atoms with Crippen LogP contribution in [0.4, 0.5) is 5.13 Å². The third kappa shape index (κ3) is 2.95. The number of hydrogen-bond donors (Lipinski definition) is 1. The number of hydrogen-bond acceptors (Lipinski definition) is 4. The van der Waals surface area contributed by atoms with Gasteiger partial charge in [-0.1, -0.05) is 6.92 Å². The molecule has 0 aromatic carbocycles. The van der Waals surface area contributed by atoms with Gasteiger partial charge >= 0.3 is 0 Å². The second-order valence-corrected chi connectivity index (χ2v) is 5.48.